The van der Waals surface area contributed by atoms with Crippen molar-refractivity contribution in [1.29, 1.82) is 0 Å². The lowest BCUT2D eigenvalue weighted by atomic mass is 9.71. The number of aliphatic hydroxyl groups excluding tert-OH is 1. The van der Waals surface area contributed by atoms with E-state index in [0.29, 0.717) is 22.9 Å². The number of hydrogen-bond acceptors (Lipinski definition) is 1. The predicted octanol–water partition coefficient (Wildman–Crippen LogP) is 17.8. The van der Waals surface area contributed by atoms with Gasteiger partial charge in [0.1, 0.15) is 0 Å². The molecule has 0 aromatic heterocycles. The van der Waals surface area contributed by atoms with Gasteiger partial charge in [-0.05, 0) is 106 Å². The number of rotatable bonds is 35. The lowest BCUT2D eigenvalue weighted by molar-refractivity contribution is 0.158. The Bertz CT molecular complexity index is 560. The van der Waals surface area contributed by atoms with Crippen LogP contribution in [0, 0.1) is 28.6 Å². The molecule has 0 aliphatic heterocycles. The van der Waals surface area contributed by atoms with Crippen LogP contribution in [-0.2, 0) is 0 Å². The van der Waals surface area contributed by atoms with Crippen molar-refractivity contribution < 1.29 is 5.11 Å². The molecule has 0 fully saturated rings. The first-order chi connectivity index (χ1) is 24.7. The first kappa shape index (κ1) is 55.1. The first-order valence-electron chi connectivity index (χ1n) is 23.3. The number of hydrogen-bond donors (Lipinski definition) is 1. The van der Waals surface area contributed by atoms with Crippen LogP contribution in [0.2, 0.25) is 0 Å². The molecular formula is C49H99ClO. The highest BCUT2D eigenvalue weighted by Gasteiger charge is 2.29. The lowest BCUT2D eigenvalue weighted by Gasteiger charge is -2.34. The summed E-state index contributed by atoms with van der Waals surface area (Å²) in [4.78, 5) is 0. The average molecular weight is 740 g/mol. The Labute approximate surface area is 330 Å². The fourth-order valence-electron chi connectivity index (χ4n) is 8.45. The third kappa shape index (κ3) is 31.8. The molecule has 0 radical (unpaired) electrons. The SMILES string of the molecule is C#CCCC(CCCC)(CCCC)CCCC.CCCCC(CCCC)(CCCC)CCCCl.CCCCC(CCCC)(CCCC)CCCO. The highest BCUT2D eigenvalue weighted by molar-refractivity contribution is 6.17. The summed E-state index contributed by atoms with van der Waals surface area (Å²) in [5.74, 6) is 3.69. The van der Waals surface area contributed by atoms with Crippen LogP contribution in [0.5, 0.6) is 0 Å². The molecule has 0 unspecified atom stereocenters. The molecule has 0 aliphatic carbocycles. The maximum Gasteiger partial charge on any atom is 0.0431 e. The van der Waals surface area contributed by atoms with Crippen LogP contribution in [0.15, 0.2) is 0 Å². The van der Waals surface area contributed by atoms with Gasteiger partial charge in [0.2, 0.25) is 0 Å². The Morgan fingerprint density at radius 1 is 0.373 bits per heavy atom. The van der Waals surface area contributed by atoms with E-state index in [0.717, 1.165) is 18.7 Å². The van der Waals surface area contributed by atoms with Gasteiger partial charge in [-0.15, -0.1) is 23.9 Å². The van der Waals surface area contributed by atoms with Gasteiger partial charge in [-0.3, -0.25) is 0 Å². The van der Waals surface area contributed by atoms with Crippen LogP contribution < -0.4 is 0 Å². The molecule has 2 heteroatoms. The van der Waals surface area contributed by atoms with E-state index in [4.69, 9.17) is 23.1 Å². The molecule has 0 saturated heterocycles. The van der Waals surface area contributed by atoms with Crippen molar-refractivity contribution in [3.05, 3.63) is 0 Å². The third-order valence-corrected chi connectivity index (χ3v) is 12.3. The standard InChI is InChI=1S/C17H32.C16H33Cl.C16H34O/c1-5-9-13-17(14-10-6-2,15-11-7-3)16-12-8-4;2*1-4-7-11-16(12-8-5-2,13-9-6-3)14-10-15-17/h1H,6-16H2,2-4H3;4-15H2,1-3H3;17H,4-15H2,1-3H3. The molecule has 0 aliphatic rings. The van der Waals surface area contributed by atoms with Crippen molar-refractivity contribution in [2.45, 2.75) is 274 Å². The Hall–Kier alpha value is -0.190. The molecular weight excluding hydrogens is 640 g/mol. The number of aliphatic hydroxyl groups is 1. The normalized spacial score (nSPS) is 11.8. The summed E-state index contributed by atoms with van der Waals surface area (Å²) >= 11 is 5.91. The molecule has 0 bridgehead atoms. The Morgan fingerprint density at radius 3 is 0.784 bits per heavy atom. The molecule has 0 atom stereocenters. The topological polar surface area (TPSA) is 20.2 Å². The third-order valence-electron chi connectivity index (χ3n) is 12.1. The maximum atomic E-state index is 9.11. The molecule has 0 saturated carbocycles. The van der Waals surface area contributed by atoms with E-state index in [-0.39, 0.29) is 0 Å². The summed E-state index contributed by atoms with van der Waals surface area (Å²) in [5.41, 5.74) is 1.73. The van der Waals surface area contributed by atoms with Crippen LogP contribution in [0.25, 0.3) is 0 Å². The smallest absolute Gasteiger partial charge is 0.0431 e. The summed E-state index contributed by atoms with van der Waals surface area (Å²) in [6, 6.07) is 0. The minimum Gasteiger partial charge on any atom is -0.396 e. The first-order valence-corrected chi connectivity index (χ1v) is 23.9. The van der Waals surface area contributed by atoms with Crippen LogP contribution in [0.4, 0.5) is 0 Å². The summed E-state index contributed by atoms with van der Waals surface area (Å²) in [6.07, 6.45) is 49.4. The van der Waals surface area contributed by atoms with E-state index in [1.165, 1.54) is 199 Å². The molecule has 1 N–H and O–H groups in total. The van der Waals surface area contributed by atoms with Gasteiger partial charge < -0.3 is 5.11 Å². The summed E-state index contributed by atoms with van der Waals surface area (Å²) in [5, 5.41) is 9.11. The molecule has 0 heterocycles. The molecule has 0 aromatic rings. The monoisotopic (exact) mass is 739 g/mol. The highest BCUT2D eigenvalue weighted by atomic mass is 35.5. The summed E-state index contributed by atoms with van der Waals surface area (Å²) in [6.45, 7) is 21.1. The molecule has 51 heavy (non-hydrogen) atoms. The molecule has 0 aromatic carbocycles. The van der Waals surface area contributed by atoms with Crippen LogP contribution >= 0.6 is 11.6 Å². The second-order valence-electron chi connectivity index (χ2n) is 16.8. The minimum absolute atomic E-state index is 0.367. The van der Waals surface area contributed by atoms with Gasteiger partial charge in [0.25, 0.3) is 0 Å². The van der Waals surface area contributed by atoms with E-state index < -0.39 is 0 Å². The second kappa shape index (κ2) is 41.0. The predicted molar refractivity (Wildman–Crippen MR) is 237 cm³/mol. The van der Waals surface area contributed by atoms with Crippen LogP contribution in [0.1, 0.15) is 274 Å². The second-order valence-corrected chi connectivity index (χ2v) is 17.1. The van der Waals surface area contributed by atoms with E-state index in [9.17, 15) is 0 Å². The molecule has 0 spiro atoms. The number of halogens is 1. The van der Waals surface area contributed by atoms with Gasteiger partial charge in [0.15, 0.2) is 0 Å². The van der Waals surface area contributed by atoms with E-state index in [2.05, 4.69) is 68.2 Å². The van der Waals surface area contributed by atoms with Gasteiger partial charge in [-0.2, -0.15) is 0 Å². The van der Waals surface area contributed by atoms with Gasteiger partial charge >= 0.3 is 0 Å². The maximum absolute atomic E-state index is 9.11. The van der Waals surface area contributed by atoms with Gasteiger partial charge in [-0.1, -0.05) is 178 Å². The Balaban J connectivity index is -0.000000678. The molecule has 0 amide bonds. The van der Waals surface area contributed by atoms with Crippen LogP contribution in [-0.4, -0.2) is 17.6 Å². The van der Waals surface area contributed by atoms with Crippen molar-refractivity contribution in [2.24, 2.45) is 16.2 Å². The fraction of sp³-hybridized carbons (Fsp3) is 0.959. The minimum atomic E-state index is 0.367. The van der Waals surface area contributed by atoms with Crippen molar-refractivity contribution in [3.63, 3.8) is 0 Å². The lowest BCUT2D eigenvalue weighted by Crippen LogP contribution is -2.21. The van der Waals surface area contributed by atoms with Crippen molar-refractivity contribution in [1.82, 2.24) is 0 Å². The Morgan fingerprint density at radius 2 is 0.588 bits per heavy atom. The van der Waals surface area contributed by atoms with Gasteiger partial charge in [0, 0.05) is 18.9 Å². The van der Waals surface area contributed by atoms with Gasteiger partial charge in [0.05, 0.1) is 0 Å². The Kier molecular flexibility index (Phi) is 44.3. The van der Waals surface area contributed by atoms with Crippen molar-refractivity contribution in [2.75, 3.05) is 12.5 Å². The van der Waals surface area contributed by atoms with E-state index in [1.54, 1.807) is 0 Å². The van der Waals surface area contributed by atoms with Crippen LogP contribution in [0.3, 0.4) is 0 Å². The summed E-state index contributed by atoms with van der Waals surface area (Å²) in [7, 11) is 0. The number of terminal acetylenes is 1. The fourth-order valence-corrected chi connectivity index (χ4v) is 8.58. The summed E-state index contributed by atoms with van der Waals surface area (Å²) < 4.78 is 0. The van der Waals surface area contributed by atoms with Gasteiger partial charge in [-0.25, -0.2) is 0 Å². The molecule has 0 rings (SSSR count). The number of unbranched alkanes of at least 4 members (excludes halogenated alkanes) is 9. The van der Waals surface area contributed by atoms with E-state index >= 15 is 0 Å². The number of alkyl halides is 1. The zero-order valence-corrected chi connectivity index (χ0v) is 37.9. The molecule has 308 valence electrons. The average Bonchev–Trinajstić information content (AvgIpc) is 3.16. The largest absolute Gasteiger partial charge is 0.396 e. The van der Waals surface area contributed by atoms with Crippen molar-refractivity contribution in [3.8, 4) is 12.3 Å². The van der Waals surface area contributed by atoms with E-state index in [1.807, 2.05) is 0 Å². The van der Waals surface area contributed by atoms with Crippen molar-refractivity contribution >= 4 is 11.6 Å². The quantitative estimate of drug-likeness (QED) is 0.0507. The zero-order valence-electron chi connectivity index (χ0n) is 37.2. The molecule has 1 nitrogen and oxygen atoms in total. The zero-order chi connectivity index (χ0) is 39.0. The highest BCUT2D eigenvalue weighted by Crippen LogP contribution is 2.43.